The fraction of sp³-hybridized carbons (Fsp3) is 0.917. The summed E-state index contributed by atoms with van der Waals surface area (Å²) in [4.78, 5) is 14.0. The number of piperidine rings is 1. The van der Waals surface area contributed by atoms with E-state index in [9.17, 15) is 4.79 Å². The molecular weight excluding hydrogens is 240 g/mol. The van der Waals surface area contributed by atoms with Gasteiger partial charge in [-0.1, -0.05) is 6.92 Å². The topological polar surface area (TPSA) is 41.6 Å². The molecule has 0 aromatic rings. The average molecular weight is 265 g/mol. The number of nitrogens with one attached hydrogen (secondary N) is 1. The number of carbonyl (C=O) groups excluding carboxylic acids is 1. The first-order chi connectivity index (χ1) is 7.69. The lowest BCUT2D eigenvalue weighted by Crippen LogP contribution is -2.43. The van der Waals surface area contributed by atoms with Crippen LogP contribution in [0, 0.1) is 11.8 Å². The Morgan fingerprint density at radius 2 is 2.06 bits per heavy atom. The number of hydrogen-bond acceptors (Lipinski definition) is 3. The normalized spacial score (nSPS) is 18.6. The summed E-state index contributed by atoms with van der Waals surface area (Å²) >= 11 is 0. The lowest BCUT2D eigenvalue weighted by molar-refractivity contribution is -0.136. The molecule has 102 valence electrons. The van der Waals surface area contributed by atoms with E-state index in [1.54, 1.807) is 7.11 Å². The van der Waals surface area contributed by atoms with E-state index in [4.69, 9.17) is 4.74 Å². The number of likely N-dealkylation sites (tertiary alicyclic amines) is 1. The predicted octanol–water partition coefficient (Wildman–Crippen LogP) is 1.15. The Hall–Kier alpha value is -0.320. The van der Waals surface area contributed by atoms with Crippen molar-refractivity contribution in [1.82, 2.24) is 10.2 Å². The highest BCUT2D eigenvalue weighted by Gasteiger charge is 2.25. The van der Waals surface area contributed by atoms with Crippen molar-refractivity contribution in [3.05, 3.63) is 0 Å². The first-order valence-corrected chi connectivity index (χ1v) is 6.11. The maximum Gasteiger partial charge on any atom is 0.226 e. The van der Waals surface area contributed by atoms with Gasteiger partial charge in [0.2, 0.25) is 5.91 Å². The summed E-state index contributed by atoms with van der Waals surface area (Å²) < 4.78 is 5.15. The zero-order valence-corrected chi connectivity index (χ0v) is 11.9. The lowest BCUT2D eigenvalue weighted by atomic mass is 9.96. The Bertz CT molecular complexity index is 219. The fourth-order valence-corrected chi connectivity index (χ4v) is 2.26. The number of halogens is 1. The molecule has 1 heterocycles. The molecule has 0 aromatic carbocycles. The van der Waals surface area contributed by atoms with Gasteiger partial charge in [-0.15, -0.1) is 12.4 Å². The molecule has 1 saturated heterocycles. The molecule has 1 atom stereocenters. The summed E-state index contributed by atoms with van der Waals surface area (Å²) in [5, 5.41) is 3.05. The monoisotopic (exact) mass is 264 g/mol. The van der Waals surface area contributed by atoms with Gasteiger partial charge < -0.3 is 15.0 Å². The minimum absolute atomic E-state index is 0. The number of methoxy groups -OCH3 is 1. The zero-order chi connectivity index (χ0) is 12.0. The van der Waals surface area contributed by atoms with Crippen LogP contribution in [0.5, 0.6) is 0 Å². The smallest absolute Gasteiger partial charge is 0.226 e. The summed E-state index contributed by atoms with van der Waals surface area (Å²) in [6, 6.07) is 0. The molecule has 17 heavy (non-hydrogen) atoms. The minimum Gasteiger partial charge on any atom is -0.384 e. The van der Waals surface area contributed by atoms with Crippen molar-refractivity contribution < 1.29 is 9.53 Å². The Balaban J connectivity index is 0.00000256. The molecular formula is C12H25ClN2O2. The predicted molar refractivity (Wildman–Crippen MR) is 71.5 cm³/mol. The molecule has 0 aromatic heterocycles. The molecule has 1 aliphatic rings. The molecule has 4 nitrogen and oxygen atoms in total. The van der Waals surface area contributed by atoms with E-state index in [0.717, 1.165) is 39.1 Å². The number of ether oxygens (including phenoxy) is 1. The van der Waals surface area contributed by atoms with Crippen LogP contribution in [0.15, 0.2) is 0 Å². The van der Waals surface area contributed by atoms with Crippen LogP contribution in [0.25, 0.3) is 0 Å². The Morgan fingerprint density at radius 1 is 1.47 bits per heavy atom. The molecule has 0 radical (unpaired) electrons. The second-order valence-electron chi connectivity index (χ2n) is 4.68. The first-order valence-electron chi connectivity index (χ1n) is 6.11. The quantitative estimate of drug-likeness (QED) is 0.810. The van der Waals surface area contributed by atoms with E-state index in [0.29, 0.717) is 5.92 Å². The molecule has 0 aliphatic carbocycles. The highest BCUT2D eigenvalue weighted by Crippen LogP contribution is 2.18. The summed E-state index contributed by atoms with van der Waals surface area (Å²) in [6.07, 6.45) is 2.15. The maximum absolute atomic E-state index is 12.0. The largest absolute Gasteiger partial charge is 0.384 e. The minimum atomic E-state index is 0. The Kier molecular flexibility index (Phi) is 8.56. The second-order valence-corrected chi connectivity index (χ2v) is 4.68. The van der Waals surface area contributed by atoms with Gasteiger partial charge in [-0.25, -0.2) is 0 Å². The number of nitrogens with zero attached hydrogens (tertiary/aromatic N) is 1. The molecule has 1 fully saturated rings. The second kappa shape index (κ2) is 8.72. The van der Waals surface area contributed by atoms with Crippen molar-refractivity contribution in [1.29, 1.82) is 0 Å². The van der Waals surface area contributed by atoms with Crippen LogP contribution < -0.4 is 5.32 Å². The number of carbonyl (C=O) groups is 1. The highest BCUT2D eigenvalue weighted by molar-refractivity contribution is 5.85. The molecule has 0 bridgehead atoms. The van der Waals surface area contributed by atoms with E-state index in [-0.39, 0.29) is 24.2 Å². The van der Waals surface area contributed by atoms with Crippen LogP contribution in [0.2, 0.25) is 0 Å². The molecule has 1 rings (SSSR count). The van der Waals surface area contributed by atoms with Gasteiger partial charge in [-0.05, 0) is 25.8 Å². The number of rotatable bonds is 5. The SMILES string of the molecule is CNCC(C)C(=O)N1CCC(COC)CC1.Cl. The summed E-state index contributed by atoms with van der Waals surface area (Å²) in [5.74, 6) is 1.00. The third-order valence-corrected chi connectivity index (χ3v) is 3.26. The van der Waals surface area contributed by atoms with Crippen molar-refractivity contribution >= 4 is 18.3 Å². The average Bonchev–Trinajstić information content (AvgIpc) is 2.30. The molecule has 5 heteroatoms. The lowest BCUT2D eigenvalue weighted by Gasteiger charge is -2.33. The maximum atomic E-state index is 12.0. The van der Waals surface area contributed by atoms with Crippen molar-refractivity contribution in [2.24, 2.45) is 11.8 Å². The van der Waals surface area contributed by atoms with Crippen LogP contribution in [0.4, 0.5) is 0 Å². The third kappa shape index (κ3) is 5.23. The van der Waals surface area contributed by atoms with Gasteiger partial charge in [-0.2, -0.15) is 0 Å². The standard InChI is InChI=1S/C12H24N2O2.ClH/c1-10(8-13-2)12(15)14-6-4-11(5-7-14)9-16-3;/h10-11,13H,4-9H2,1-3H3;1H. The Morgan fingerprint density at radius 3 is 2.53 bits per heavy atom. The fourth-order valence-electron chi connectivity index (χ4n) is 2.26. The molecule has 1 aliphatic heterocycles. The van der Waals surface area contributed by atoms with Gasteiger partial charge in [0.15, 0.2) is 0 Å². The van der Waals surface area contributed by atoms with Crippen molar-refractivity contribution in [2.45, 2.75) is 19.8 Å². The van der Waals surface area contributed by atoms with E-state index in [1.807, 2.05) is 18.9 Å². The van der Waals surface area contributed by atoms with Crippen LogP contribution in [0.1, 0.15) is 19.8 Å². The van der Waals surface area contributed by atoms with E-state index in [2.05, 4.69) is 5.32 Å². The first kappa shape index (κ1) is 16.7. The van der Waals surface area contributed by atoms with Gasteiger partial charge in [0.1, 0.15) is 0 Å². The molecule has 1 amide bonds. The third-order valence-electron chi connectivity index (χ3n) is 3.26. The summed E-state index contributed by atoms with van der Waals surface area (Å²) in [5.41, 5.74) is 0. The van der Waals surface area contributed by atoms with Crippen LogP contribution >= 0.6 is 12.4 Å². The van der Waals surface area contributed by atoms with Crippen molar-refractivity contribution in [3.63, 3.8) is 0 Å². The van der Waals surface area contributed by atoms with Gasteiger partial charge in [-0.3, -0.25) is 4.79 Å². The molecule has 1 N–H and O–H groups in total. The summed E-state index contributed by atoms with van der Waals surface area (Å²) in [7, 11) is 3.63. The van der Waals surface area contributed by atoms with Crippen LogP contribution in [0.3, 0.4) is 0 Å². The van der Waals surface area contributed by atoms with Gasteiger partial charge in [0.05, 0.1) is 0 Å². The van der Waals surface area contributed by atoms with Crippen molar-refractivity contribution in [2.75, 3.05) is 40.4 Å². The molecule has 0 spiro atoms. The molecule has 1 unspecified atom stereocenters. The van der Waals surface area contributed by atoms with Crippen LogP contribution in [-0.4, -0.2) is 51.2 Å². The van der Waals surface area contributed by atoms with E-state index < -0.39 is 0 Å². The number of hydrogen-bond donors (Lipinski definition) is 1. The van der Waals surface area contributed by atoms with E-state index in [1.165, 1.54) is 0 Å². The molecule has 0 saturated carbocycles. The van der Waals surface area contributed by atoms with E-state index >= 15 is 0 Å². The zero-order valence-electron chi connectivity index (χ0n) is 11.1. The highest BCUT2D eigenvalue weighted by atomic mass is 35.5. The van der Waals surface area contributed by atoms with Crippen LogP contribution in [-0.2, 0) is 9.53 Å². The Labute approximate surface area is 110 Å². The van der Waals surface area contributed by atoms with Crippen molar-refractivity contribution in [3.8, 4) is 0 Å². The number of amides is 1. The van der Waals surface area contributed by atoms with Gasteiger partial charge >= 0.3 is 0 Å². The van der Waals surface area contributed by atoms with Gasteiger partial charge in [0, 0.05) is 39.3 Å². The summed E-state index contributed by atoms with van der Waals surface area (Å²) in [6.45, 7) is 5.35. The van der Waals surface area contributed by atoms with Gasteiger partial charge in [0.25, 0.3) is 0 Å².